The first-order chi connectivity index (χ1) is 12.7. The van der Waals surface area contributed by atoms with E-state index in [-0.39, 0.29) is 16.9 Å². The Morgan fingerprint density at radius 1 is 1.04 bits per heavy atom. The van der Waals surface area contributed by atoms with E-state index in [9.17, 15) is 20.2 Å². The molecule has 0 saturated heterocycles. The van der Waals surface area contributed by atoms with Crippen LogP contribution in [0.4, 0.5) is 11.4 Å². The van der Waals surface area contributed by atoms with Crippen molar-refractivity contribution < 1.29 is 9.85 Å². The fourth-order valence-corrected chi connectivity index (χ4v) is 3.30. The lowest BCUT2D eigenvalue weighted by Crippen LogP contribution is -2.02. The minimum atomic E-state index is -0.642. The van der Waals surface area contributed by atoms with E-state index in [4.69, 9.17) is 0 Å². The second-order valence-electron chi connectivity index (χ2n) is 6.53. The van der Waals surface area contributed by atoms with Crippen LogP contribution in [0.5, 0.6) is 0 Å². The van der Waals surface area contributed by atoms with E-state index in [1.165, 1.54) is 12.1 Å². The second-order valence-corrected chi connectivity index (χ2v) is 6.53. The van der Waals surface area contributed by atoms with Gasteiger partial charge in [0.2, 0.25) is 0 Å². The number of aromatic amines is 1. The topological polar surface area (TPSA) is 114 Å². The lowest BCUT2D eigenvalue weighted by Gasteiger charge is -2.12. The number of nitrogens with zero attached hydrogens (tertiary/aromatic N) is 3. The SMILES string of the molecule is CC1=CC(C)=N/C1=C(/c1ccc([N+](=O)[O-])cc1[N+](=O)[O-])c1[nH]c(C)cc1C. The molecule has 0 amide bonds. The number of hydrogen-bond acceptors (Lipinski definition) is 5. The number of nitro benzene ring substituents is 2. The van der Waals surface area contributed by atoms with Crippen LogP contribution in [0.3, 0.4) is 0 Å². The van der Waals surface area contributed by atoms with Crippen LogP contribution in [-0.4, -0.2) is 20.5 Å². The largest absolute Gasteiger partial charge is 0.358 e. The highest BCUT2D eigenvalue weighted by molar-refractivity contribution is 6.01. The predicted molar refractivity (Wildman–Crippen MR) is 103 cm³/mol. The summed E-state index contributed by atoms with van der Waals surface area (Å²) in [6.45, 7) is 7.54. The molecule has 2 heterocycles. The Bertz CT molecular complexity index is 1070. The molecule has 0 unspecified atom stereocenters. The number of aromatic nitrogens is 1. The van der Waals surface area contributed by atoms with Gasteiger partial charge in [-0.1, -0.05) is 0 Å². The third kappa shape index (κ3) is 3.29. The van der Waals surface area contributed by atoms with Crippen molar-refractivity contribution in [2.24, 2.45) is 4.99 Å². The highest BCUT2D eigenvalue weighted by Crippen LogP contribution is 2.39. The van der Waals surface area contributed by atoms with E-state index in [1.807, 2.05) is 39.8 Å². The van der Waals surface area contributed by atoms with E-state index >= 15 is 0 Å². The Morgan fingerprint density at radius 3 is 2.22 bits per heavy atom. The number of aryl methyl sites for hydroxylation is 2. The highest BCUT2D eigenvalue weighted by Gasteiger charge is 2.28. The minimum absolute atomic E-state index is 0.289. The summed E-state index contributed by atoms with van der Waals surface area (Å²) in [5.74, 6) is 0. The molecule has 0 fully saturated rings. The number of hydrogen-bond donors (Lipinski definition) is 1. The van der Waals surface area contributed by atoms with Crippen LogP contribution in [0.2, 0.25) is 0 Å². The summed E-state index contributed by atoms with van der Waals surface area (Å²) in [5, 5.41) is 22.8. The Morgan fingerprint density at radius 2 is 1.74 bits per heavy atom. The van der Waals surface area contributed by atoms with Crippen LogP contribution in [0, 0.1) is 34.1 Å². The van der Waals surface area contributed by atoms with Gasteiger partial charge in [-0.05, 0) is 57.0 Å². The average Bonchev–Trinajstić information content (AvgIpc) is 3.09. The summed E-state index contributed by atoms with van der Waals surface area (Å²) in [7, 11) is 0. The fourth-order valence-electron chi connectivity index (χ4n) is 3.30. The second kappa shape index (κ2) is 6.64. The molecule has 8 nitrogen and oxygen atoms in total. The number of H-pyrrole nitrogens is 1. The van der Waals surface area contributed by atoms with Gasteiger partial charge in [-0.3, -0.25) is 25.2 Å². The van der Waals surface area contributed by atoms with Crippen molar-refractivity contribution in [3.8, 4) is 0 Å². The van der Waals surface area contributed by atoms with Gasteiger partial charge in [-0.15, -0.1) is 0 Å². The molecule has 1 aliphatic heterocycles. The number of allylic oxidation sites excluding steroid dienone is 2. The van der Waals surface area contributed by atoms with Gasteiger partial charge in [-0.25, -0.2) is 0 Å². The predicted octanol–water partition coefficient (Wildman–Crippen LogP) is 4.63. The molecular formula is C19H18N4O4. The van der Waals surface area contributed by atoms with Gasteiger partial charge in [0.1, 0.15) is 0 Å². The maximum absolute atomic E-state index is 11.7. The summed E-state index contributed by atoms with van der Waals surface area (Å²) in [4.78, 5) is 29.3. The van der Waals surface area contributed by atoms with E-state index in [1.54, 1.807) is 0 Å². The van der Waals surface area contributed by atoms with Gasteiger partial charge < -0.3 is 4.98 Å². The Kier molecular flexibility index (Phi) is 4.49. The summed E-state index contributed by atoms with van der Waals surface area (Å²) < 4.78 is 0. The summed E-state index contributed by atoms with van der Waals surface area (Å²) >= 11 is 0. The van der Waals surface area contributed by atoms with Crippen LogP contribution in [-0.2, 0) is 0 Å². The van der Waals surface area contributed by atoms with Gasteiger partial charge in [0.15, 0.2) is 0 Å². The van der Waals surface area contributed by atoms with Crippen molar-refractivity contribution in [1.82, 2.24) is 4.98 Å². The molecule has 0 spiro atoms. The monoisotopic (exact) mass is 366 g/mol. The van der Waals surface area contributed by atoms with Gasteiger partial charge in [0, 0.05) is 23.0 Å². The first-order valence-electron chi connectivity index (χ1n) is 8.27. The number of benzene rings is 1. The summed E-state index contributed by atoms with van der Waals surface area (Å²) in [6.07, 6.45) is 1.90. The molecule has 1 aromatic carbocycles. The number of aliphatic imine (C=N–C) groups is 1. The normalized spacial score (nSPS) is 15.4. The molecule has 138 valence electrons. The molecule has 0 aliphatic carbocycles. The molecule has 1 aromatic heterocycles. The van der Waals surface area contributed by atoms with Crippen LogP contribution < -0.4 is 0 Å². The molecule has 0 radical (unpaired) electrons. The lowest BCUT2D eigenvalue weighted by molar-refractivity contribution is -0.394. The van der Waals surface area contributed by atoms with E-state index in [0.717, 1.165) is 28.6 Å². The van der Waals surface area contributed by atoms with Crippen molar-refractivity contribution in [3.05, 3.63) is 84.4 Å². The van der Waals surface area contributed by atoms with Gasteiger partial charge in [0.25, 0.3) is 11.4 Å². The molecule has 3 rings (SSSR count). The van der Waals surface area contributed by atoms with Crippen LogP contribution >= 0.6 is 0 Å². The lowest BCUT2D eigenvalue weighted by atomic mass is 9.94. The Labute approximate surface area is 155 Å². The van der Waals surface area contributed by atoms with E-state index in [2.05, 4.69) is 9.98 Å². The molecule has 2 aromatic rings. The first-order valence-corrected chi connectivity index (χ1v) is 8.27. The maximum atomic E-state index is 11.7. The minimum Gasteiger partial charge on any atom is -0.358 e. The smallest absolute Gasteiger partial charge is 0.284 e. The number of nitrogens with one attached hydrogen (secondary N) is 1. The molecule has 1 N–H and O–H groups in total. The van der Waals surface area contributed by atoms with Gasteiger partial charge in [-0.2, -0.15) is 0 Å². The van der Waals surface area contributed by atoms with Crippen LogP contribution in [0.1, 0.15) is 36.4 Å². The van der Waals surface area contributed by atoms with Crippen LogP contribution in [0.25, 0.3) is 5.57 Å². The molecule has 0 bridgehead atoms. The average molecular weight is 366 g/mol. The summed E-state index contributed by atoms with van der Waals surface area (Å²) in [6, 6.07) is 5.63. The highest BCUT2D eigenvalue weighted by atomic mass is 16.6. The first kappa shape index (κ1) is 18.2. The van der Waals surface area contributed by atoms with Crippen molar-refractivity contribution in [1.29, 1.82) is 0 Å². The molecule has 27 heavy (non-hydrogen) atoms. The van der Waals surface area contributed by atoms with Crippen LogP contribution in [0.15, 0.2) is 46.6 Å². The van der Waals surface area contributed by atoms with Gasteiger partial charge >= 0.3 is 0 Å². The zero-order chi connectivity index (χ0) is 19.9. The van der Waals surface area contributed by atoms with Gasteiger partial charge in [0.05, 0.1) is 32.9 Å². The van der Waals surface area contributed by atoms with E-state index < -0.39 is 9.85 Å². The molecule has 0 atom stereocenters. The van der Waals surface area contributed by atoms with Crippen molar-refractivity contribution in [3.63, 3.8) is 0 Å². The third-order valence-electron chi connectivity index (χ3n) is 4.38. The summed E-state index contributed by atoms with van der Waals surface area (Å²) in [5.41, 5.74) is 5.02. The number of nitro groups is 2. The fraction of sp³-hybridized carbons (Fsp3) is 0.211. The maximum Gasteiger partial charge on any atom is 0.284 e. The third-order valence-corrected chi connectivity index (χ3v) is 4.38. The molecule has 8 heteroatoms. The van der Waals surface area contributed by atoms with Crippen molar-refractivity contribution in [2.75, 3.05) is 0 Å². The zero-order valence-corrected chi connectivity index (χ0v) is 15.4. The van der Waals surface area contributed by atoms with Crippen molar-refractivity contribution in [2.45, 2.75) is 27.7 Å². The molecular weight excluding hydrogens is 348 g/mol. The van der Waals surface area contributed by atoms with Crippen molar-refractivity contribution >= 4 is 22.7 Å². The molecule has 0 saturated carbocycles. The van der Waals surface area contributed by atoms with E-state index in [0.29, 0.717) is 17.0 Å². The molecule has 1 aliphatic rings. The Hall–Kier alpha value is -3.55. The standard InChI is InChI=1S/C19H18N4O4/c1-10-7-12(3)20-18(10)17(19-11(2)8-13(4)21-19)15-6-5-14(22(24)25)9-16(15)23(26)27/h5-9,20H,1-4H3/b19-17-. The number of rotatable bonds is 4. The Balaban J connectivity index is 2.39. The number of non-ortho nitro benzene ring substituents is 1. The quantitative estimate of drug-likeness (QED) is 0.627. The zero-order valence-electron chi connectivity index (χ0n) is 15.4.